The van der Waals surface area contributed by atoms with Gasteiger partial charge in [-0.1, -0.05) is 18.2 Å². The Morgan fingerprint density at radius 3 is 2.67 bits per heavy atom. The highest BCUT2D eigenvalue weighted by Crippen LogP contribution is 2.21. The van der Waals surface area contributed by atoms with Crippen molar-refractivity contribution < 1.29 is 14.4 Å². The number of aromatic nitrogens is 1. The van der Waals surface area contributed by atoms with Gasteiger partial charge in [0.15, 0.2) is 0 Å². The molecular formula is C17H23N2O2+. The van der Waals surface area contributed by atoms with E-state index in [1.165, 1.54) is 4.90 Å². The predicted molar refractivity (Wildman–Crippen MR) is 82.9 cm³/mol. The van der Waals surface area contributed by atoms with Crippen molar-refractivity contribution >= 4 is 16.7 Å². The zero-order chi connectivity index (χ0) is 15.0. The smallest absolute Gasteiger partial charge is 0.219 e. The maximum absolute atomic E-state index is 12.7. The molecule has 1 aliphatic heterocycles. The lowest BCUT2D eigenvalue weighted by Crippen LogP contribution is -3.16. The number of quaternary nitrogens is 1. The molecule has 4 heteroatoms. The van der Waals surface area contributed by atoms with Crippen molar-refractivity contribution in [3.8, 4) is 0 Å². The van der Waals surface area contributed by atoms with Crippen LogP contribution in [0.2, 0.25) is 0 Å². The Balaban J connectivity index is 1.82. The van der Waals surface area contributed by atoms with E-state index in [4.69, 9.17) is 4.74 Å². The molecule has 0 aliphatic carbocycles. The Morgan fingerprint density at radius 2 is 1.95 bits per heavy atom. The molecule has 1 aliphatic rings. The normalized spacial score (nSPS) is 26.1. The van der Waals surface area contributed by atoms with Gasteiger partial charge in [-0.15, -0.1) is 0 Å². The molecule has 112 valence electrons. The van der Waals surface area contributed by atoms with Crippen LogP contribution in [0.3, 0.4) is 0 Å². The molecule has 0 spiro atoms. The highest BCUT2D eigenvalue weighted by Gasteiger charge is 2.28. The number of aryl methyl sites for hydroxylation is 1. The first-order valence-electron chi connectivity index (χ1n) is 7.64. The Labute approximate surface area is 125 Å². The number of morpholine rings is 1. The highest BCUT2D eigenvalue weighted by atomic mass is 16.5. The number of benzene rings is 1. The number of ketones is 1. The number of carbonyl (C=O) groups is 1. The molecule has 2 heterocycles. The zero-order valence-corrected chi connectivity index (χ0v) is 12.9. The van der Waals surface area contributed by atoms with Crippen molar-refractivity contribution in [3.05, 3.63) is 35.5 Å². The van der Waals surface area contributed by atoms with Gasteiger partial charge in [-0.2, -0.15) is 0 Å². The van der Waals surface area contributed by atoms with Crippen LogP contribution < -0.4 is 4.90 Å². The van der Waals surface area contributed by atoms with Gasteiger partial charge in [0.05, 0.1) is 5.56 Å². The molecular weight excluding hydrogens is 264 g/mol. The minimum absolute atomic E-state index is 0.223. The lowest BCUT2D eigenvalue weighted by atomic mass is 10.1. The second-order valence-corrected chi connectivity index (χ2v) is 6.19. The van der Waals surface area contributed by atoms with Crippen LogP contribution >= 0.6 is 0 Å². The van der Waals surface area contributed by atoms with Crippen LogP contribution in [0, 0.1) is 6.92 Å². The molecule has 1 saturated heterocycles. The summed E-state index contributed by atoms with van der Waals surface area (Å²) in [5.41, 5.74) is 2.86. The fourth-order valence-corrected chi connectivity index (χ4v) is 3.48. The number of hydrogen-bond acceptors (Lipinski definition) is 2. The van der Waals surface area contributed by atoms with Gasteiger partial charge >= 0.3 is 0 Å². The zero-order valence-electron chi connectivity index (χ0n) is 12.9. The highest BCUT2D eigenvalue weighted by molar-refractivity contribution is 6.09. The van der Waals surface area contributed by atoms with Crippen molar-refractivity contribution in [2.45, 2.75) is 33.0 Å². The molecule has 0 unspecified atom stereocenters. The van der Waals surface area contributed by atoms with E-state index in [1.807, 2.05) is 31.2 Å². The van der Waals surface area contributed by atoms with Gasteiger partial charge in [-0.25, -0.2) is 0 Å². The largest absolute Gasteiger partial charge is 0.364 e. The van der Waals surface area contributed by atoms with Crippen molar-refractivity contribution in [2.24, 2.45) is 0 Å². The van der Waals surface area contributed by atoms with Gasteiger partial charge in [0, 0.05) is 16.6 Å². The first-order valence-corrected chi connectivity index (χ1v) is 7.64. The third kappa shape index (κ3) is 2.87. The number of ether oxygens (including phenoxy) is 1. The number of rotatable bonds is 3. The number of nitrogens with one attached hydrogen (secondary N) is 2. The number of Topliss-reactive ketones (excluding diaryl/α,β-unsaturated/α-hetero) is 1. The van der Waals surface area contributed by atoms with Crippen molar-refractivity contribution in [2.75, 3.05) is 19.6 Å². The van der Waals surface area contributed by atoms with Gasteiger partial charge < -0.3 is 14.6 Å². The molecule has 21 heavy (non-hydrogen) atoms. The Kier molecular flexibility index (Phi) is 3.83. The summed E-state index contributed by atoms with van der Waals surface area (Å²) >= 11 is 0. The summed E-state index contributed by atoms with van der Waals surface area (Å²) in [6, 6.07) is 8.01. The molecule has 1 fully saturated rings. The van der Waals surface area contributed by atoms with Crippen molar-refractivity contribution in [3.63, 3.8) is 0 Å². The summed E-state index contributed by atoms with van der Waals surface area (Å²) in [5, 5.41) is 1.04. The molecule has 0 bridgehead atoms. The first kappa shape index (κ1) is 14.3. The number of carbonyl (C=O) groups excluding carboxylic acids is 1. The SMILES string of the molecule is Cc1[nH]c2ccccc2c1C(=O)C[NH+]1C[C@@H](C)O[C@H](C)C1. The molecule has 1 aromatic carbocycles. The summed E-state index contributed by atoms with van der Waals surface area (Å²) in [6.07, 6.45) is 0.446. The second-order valence-electron chi connectivity index (χ2n) is 6.19. The van der Waals surface area contributed by atoms with E-state index in [-0.39, 0.29) is 18.0 Å². The molecule has 2 aromatic rings. The number of aromatic amines is 1. The Morgan fingerprint density at radius 1 is 1.29 bits per heavy atom. The summed E-state index contributed by atoms with van der Waals surface area (Å²) in [6.45, 7) is 8.48. The van der Waals surface area contributed by atoms with Crippen LogP contribution in [0.5, 0.6) is 0 Å². The van der Waals surface area contributed by atoms with Crippen LogP contribution in [0.25, 0.3) is 10.9 Å². The average Bonchev–Trinajstić information content (AvgIpc) is 2.73. The van der Waals surface area contributed by atoms with Gasteiger partial charge in [0.2, 0.25) is 5.78 Å². The van der Waals surface area contributed by atoms with Gasteiger partial charge in [0.25, 0.3) is 0 Å². The minimum atomic E-state index is 0.223. The van der Waals surface area contributed by atoms with Gasteiger partial charge in [-0.3, -0.25) is 4.79 Å². The Hall–Kier alpha value is -1.65. The maximum Gasteiger partial charge on any atom is 0.219 e. The molecule has 2 atom stereocenters. The summed E-state index contributed by atoms with van der Waals surface area (Å²) in [4.78, 5) is 17.4. The van der Waals surface area contributed by atoms with E-state index in [9.17, 15) is 4.79 Å². The predicted octanol–water partition coefficient (Wildman–Crippen LogP) is 1.35. The molecule has 0 amide bonds. The molecule has 3 rings (SSSR count). The van der Waals surface area contributed by atoms with E-state index in [1.54, 1.807) is 0 Å². The average molecular weight is 287 g/mol. The fraction of sp³-hybridized carbons (Fsp3) is 0.471. The molecule has 4 nitrogen and oxygen atoms in total. The summed E-state index contributed by atoms with van der Waals surface area (Å²) in [5.74, 6) is 0.223. The van der Waals surface area contributed by atoms with Crippen LogP contribution in [0.1, 0.15) is 29.9 Å². The Bertz CT molecular complexity index is 652. The molecule has 2 N–H and O–H groups in total. The fourth-order valence-electron chi connectivity index (χ4n) is 3.48. The van der Waals surface area contributed by atoms with Crippen LogP contribution in [-0.4, -0.2) is 42.6 Å². The minimum Gasteiger partial charge on any atom is -0.364 e. The van der Waals surface area contributed by atoms with E-state index in [0.717, 1.165) is 35.2 Å². The van der Waals surface area contributed by atoms with E-state index < -0.39 is 0 Å². The number of fused-ring (bicyclic) bond motifs is 1. The quantitative estimate of drug-likeness (QED) is 0.837. The number of para-hydroxylation sites is 1. The first-order chi connectivity index (χ1) is 10.0. The molecule has 0 saturated carbocycles. The third-order valence-electron chi connectivity index (χ3n) is 4.20. The maximum atomic E-state index is 12.7. The summed E-state index contributed by atoms with van der Waals surface area (Å²) in [7, 11) is 0. The number of hydrogen-bond donors (Lipinski definition) is 2. The number of H-pyrrole nitrogens is 1. The molecule has 0 radical (unpaired) electrons. The van der Waals surface area contributed by atoms with Crippen molar-refractivity contribution in [1.29, 1.82) is 0 Å². The topological polar surface area (TPSA) is 46.5 Å². The van der Waals surface area contributed by atoms with Crippen LogP contribution in [-0.2, 0) is 4.74 Å². The van der Waals surface area contributed by atoms with Crippen molar-refractivity contribution in [1.82, 2.24) is 4.98 Å². The van der Waals surface area contributed by atoms with Gasteiger partial charge in [-0.05, 0) is 26.8 Å². The molecule has 1 aromatic heterocycles. The summed E-state index contributed by atoms with van der Waals surface area (Å²) < 4.78 is 5.74. The second kappa shape index (κ2) is 5.62. The third-order valence-corrected chi connectivity index (χ3v) is 4.20. The van der Waals surface area contributed by atoms with E-state index in [0.29, 0.717) is 6.54 Å². The lowest BCUT2D eigenvalue weighted by Gasteiger charge is -2.31. The monoisotopic (exact) mass is 287 g/mol. The van der Waals surface area contributed by atoms with Crippen LogP contribution in [0.4, 0.5) is 0 Å². The lowest BCUT2D eigenvalue weighted by molar-refractivity contribution is -0.906. The van der Waals surface area contributed by atoms with Gasteiger partial charge in [0.1, 0.15) is 31.8 Å². The van der Waals surface area contributed by atoms with E-state index in [2.05, 4.69) is 18.8 Å². The van der Waals surface area contributed by atoms with Crippen LogP contribution in [0.15, 0.2) is 24.3 Å². The standard InChI is InChI=1S/C17H22N2O2/c1-11-8-19(9-12(2)21-11)10-16(20)17-13(3)18-15-7-5-4-6-14(15)17/h4-7,11-12,18H,8-10H2,1-3H3/p+1/t11-,12-/m1/s1. The van der Waals surface area contributed by atoms with E-state index >= 15 is 0 Å².